The molecule has 2 aromatic carbocycles. The van der Waals surface area contributed by atoms with Gasteiger partial charge in [-0.15, -0.1) is 0 Å². The van der Waals surface area contributed by atoms with Gasteiger partial charge in [0.25, 0.3) is 0 Å². The molecule has 0 aromatic heterocycles. The number of para-hydroxylation sites is 1. The van der Waals surface area contributed by atoms with Gasteiger partial charge in [-0.25, -0.2) is 4.79 Å². The first kappa shape index (κ1) is 32.1. The Hall–Kier alpha value is -4.41. The summed E-state index contributed by atoms with van der Waals surface area (Å²) in [5.41, 5.74) is 9.28. The van der Waals surface area contributed by atoms with Crippen molar-refractivity contribution in [3.05, 3.63) is 65.2 Å². The normalized spacial score (nSPS) is 13.9. The molecule has 42 heavy (non-hydrogen) atoms. The SMILES string of the molecule is CNC(=O)C(CCCNC(N)=O)NC(=O)C(NC(=O)CCC(=O)N1Cc2ccccc2CCc2ccccc21)C(C)C. The van der Waals surface area contributed by atoms with E-state index in [4.69, 9.17) is 5.73 Å². The molecule has 2 aromatic rings. The first-order valence-corrected chi connectivity index (χ1v) is 14.4. The summed E-state index contributed by atoms with van der Waals surface area (Å²) in [5, 5.41) is 10.4. The Morgan fingerprint density at radius 3 is 2.17 bits per heavy atom. The number of carbonyl (C=O) groups is 5. The Labute approximate surface area is 247 Å². The predicted octanol–water partition coefficient (Wildman–Crippen LogP) is 1.92. The second kappa shape index (κ2) is 15.6. The summed E-state index contributed by atoms with van der Waals surface area (Å²) < 4.78 is 0. The number of urea groups is 1. The van der Waals surface area contributed by atoms with E-state index < -0.39 is 35.8 Å². The number of hydrogen-bond donors (Lipinski definition) is 5. The average molecular weight is 579 g/mol. The van der Waals surface area contributed by atoms with Gasteiger partial charge in [0.2, 0.25) is 23.6 Å². The molecule has 0 bridgehead atoms. The molecular weight excluding hydrogens is 536 g/mol. The monoisotopic (exact) mass is 578 g/mol. The molecular formula is C31H42N6O5. The van der Waals surface area contributed by atoms with Crippen LogP contribution in [0.1, 0.15) is 56.2 Å². The minimum atomic E-state index is -0.905. The highest BCUT2D eigenvalue weighted by molar-refractivity contribution is 5.97. The third-order valence-corrected chi connectivity index (χ3v) is 7.37. The third kappa shape index (κ3) is 9.05. The number of nitrogens with one attached hydrogen (secondary N) is 4. The second-order valence-corrected chi connectivity index (χ2v) is 10.8. The fourth-order valence-electron chi connectivity index (χ4n) is 5.05. The average Bonchev–Trinajstić information content (AvgIpc) is 2.96. The van der Waals surface area contributed by atoms with Crippen LogP contribution in [0.15, 0.2) is 48.5 Å². The Balaban J connectivity index is 1.63. The molecule has 2 unspecified atom stereocenters. The van der Waals surface area contributed by atoms with E-state index >= 15 is 0 Å². The van der Waals surface area contributed by atoms with Crippen LogP contribution in [0.25, 0.3) is 0 Å². The number of fused-ring (bicyclic) bond motifs is 2. The minimum absolute atomic E-state index is 0.0253. The lowest BCUT2D eigenvalue weighted by atomic mass is 9.95. The number of benzene rings is 2. The summed E-state index contributed by atoms with van der Waals surface area (Å²) in [6.45, 7) is 4.25. The van der Waals surface area contributed by atoms with Crippen LogP contribution in [0.2, 0.25) is 0 Å². The zero-order valence-electron chi connectivity index (χ0n) is 24.6. The third-order valence-electron chi connectivity index (χ3n) is 7.37. The molecule has 0 saturated carbocycles. The largest absolute Gasteiger partial charge is 0.357 e. The molecule has 1 aliphatic heterocycles. The summed E-state index contributed by atoms with van der Waals surface area (Å²) in [5.74, 6) is -1.78. The smallest absolute Gasteiger partial charge is 0.312 e. The lowest BCUT2D eigenvalue weighted by molar-refractivity contribution is -0.133. The Bertz CT molecular complexity index is 1280. The predicted molar refractivity (Wildman–Crippen MR) is 160 cm³/mol. The van der Waals surface area contributed by atoms with Gasteiger partial charge in [0.1, 0.15) is 12.1 Å². The van der Waals surface area contributed by atoms with Crippen molar-refractivity contribution in [2.24, 2.45) is 11.7 Å². The van der Waals surface area contributed by atoms with Crippen molar-refractivity contribution in [2.75, 3.05) is 18.5 Å². The minimum Gasteiger partial charge on any atom is -0.357 e. The summed E-state index contributed by atoms with van der Waals surface area (Å²) in [7, 11) is 1.46. The van der Waals surface area contributed by atoms with Crippen molar-refractivity contribution in [2.45, 2.75) is 71.0 Å². The lowest BCUT2D eigenvalue weighted by Crippen LogP contribution is -2.55. The van der Waals surface area contributed by atoms with E-state index in [1.165, 1.54) is 12.6 Å². The van der Waals surface area contributed by atoms with E-state index in [1.54, 1.807) is 18.7 Å². The van der Waals surface area contributed by atoms with Crippen molar-refractivity contribution < 1.29 is 24.0 Å². The van der Waals surface area contributed by atoms with Gasteiger partial charge >= 0.3 is 6.03 Å². The molecule has 226 valence electrons. The fourth-order valence-corrected chi connectivity index (χ4v) is 5.05. The van der Waals surface area contributed by atoms with Crippen LogP contribution in [0.5, 0.6) is 0 Å². The van der Waals surface area contributed by atoms with Crippen LogP contribution in [-0.4, -0.2) is 55.3 Å². The molecule has 0 aliphatic carbocycles. The van der Waals surface area contributed by atoms with Crippen LogP contribution < -0.4 is 31.9 Å². The molecule has 0 radical (unpaired) electrons. The number of anilines is 1. The van der Waals surface area contributed by atoms with Gasteiger partial charge in [-0.2, -0.15) is 0 Å². The van der Waals surface area contributed by atoms with E-state index in [2.05, 4.69) is 27.3 Å². The summed E-state index contributed by atoms with van der Waals surface area (Å²) in [4.78, 5) is 64.6. The zero-order chi connectivity index (χ0) is 30.6. The quantitative estimate of drug-likeness (QED) is 0.243. The maximum Gasteiger partial charge on any atom is 0.312 e. The molecule has 0 spiro atoms. The van der Waals surface area contributed by atoms with E-state index in [-0.39, 0.29) is 37.6 Å². The number of nitrogens with two attached hydrogens (primary N) is 1. The molecule has 6 amide bonds. The van der Waals surface area contributed by atoms with Crippen molar-refractivity contribution in [3.63, 3.8) is 0 Å². The summed E-state index contributed by atoms with van der Waals surface area (Å²) >= 11 is 0. The standard InChI is InChI=1S/C31H42N6O5/c1-20(2)28(30(41)35-24(29(40)33-3)12-8-18-34-31(32)42)36-26(38)16-17-27(39)37-19-23-11-5-4-9-21(23)14-15-22-10-6-7-13-25(22)37/h4-7,9-11,13,20,24,28H,8,12,14-19H2,1-3H3,(H,33,40)(H,35,41)(H,36,38)(H3,32,34,42). The van der Waals surface area contributed by atoms with Gasteiger partial charge in [0.15, 0.2) is 0 Å². The maximum atomic E-state index is 13.5. The Kier molecular flexibility index (Phi) is 11.9. The number of likely N-dealkylation sites (N-methyl/N-ethyl adjacent to an activating group) is 1. The molecule has 2 atom stereocenters. The van der Waals surface area contributed by atoms with Crippen molar-refractivity contribution >= 4 is 35.3 Å². The van der Waals surface area contributed by atoms with Crippen molar-refractivity contribution in [1.82, 2.24) is 21.3 Å². The molecule has 0 saturated heterocycles. The fraction of sp³-hybridized carbons (Fsp3) is 0.452. The Morgan fingerprint density at radius 1 is 0.857 bits per heavy atom. The first-order chi connectivity index (χ1) is 20.1. The van der Waals surface area contributed by atoms with Crippen LogP contribution in [0.3, 0.4) is 0 Å². The first-order valence-electron chi connectivity index (χ1n) is 14.4. The van der Waals surface area contributed by atoms with Crippen LogP contribution in [0, 0.1) is 5.92 Å². The van der Waals surface area contributed by atoms with E-state index in [0.717, 1.165) is 29.7 Å². The molecule has 3 rings (SSSR count). The molecule has 11 heteroatoms. The molecule has 11 nitrogen and oxygen atoms in total. The van der Waals surface area contributed by atoms with Crippen molar-refractivity contribution in [3.8, 4) is 0 Å². The number of amides is 6. The number of carbonyl (C=O) groups excluding carboxylic acids is 5. The topological polar surface area (TPSA) is 163 Å². The number of primary amides is 1. The molecule has 0 fully saturated rings. The van der Waals surface area contributed by atoms with Gasteiger partial charge in [0, 0.05) is 32.1 Å². The van der Waals surface area contributed by atoms with Crippen LogP contribution in [-0.2, 0) is 38.6 Å². The van der Waals surface area contributed by atoms with E-state index in [9.17, 15) is 24.0 Å². The van der Waals surface area contributed by atoms with Gasteiger partial charge in [-0.1, -0.05) is 56.3 Å². The highest BCUT2D eigenvalue weighted by atomic mass is 16.2. The van der Waals surface area contributed by atoms with Gasteiger partial charge in [-0.3, -0.25) is 19.2 Å². The molecule has 1 aliphatic rings. The lowest BCUT2D eigenvalue weighted by Gasteiger charge is -2.29. The number of aryl methyl sites for hydroxylation is 2. The van der Waals surface area contributed by atoms with Crippen LogP contribution >= 0.6 is 0 Å². The number of hydrogen-bond acceptors (Lipinski definition) is 5. The molecule has 1 heterocycles. The van der Waals surface area contributed by atoms with E-state index in [1.807, 2.05) is 42.5 Å². The summed E-state index contributed by atoms with van der Waals surface area (Å²) in [6.07, 6.45) is 2.25. The van der Waals surface area contributed by atoms with E-state index in [0.29, 0.717) is 13.0 Å². The highest BCUT2D eigenvalue weighted by Crippen LogP contribution is 2.29. The van der Waals surface area contributed by atoms with Crippen LogP contribution in [0.4, 0.5) is 10.5 Å². The Morgan fingerprint density at radius 2 is 1.50 bits per heavy atom. The van der Waals surface area contributed by atoms with Gasteiger partial charge in [0.05, 0.1) is 6.54 Å². The van der Waals surface area contributed by atoms with Gasteiger partial charge < -0.3 is 31.9 Å². The van der Waals surface area contributed by atoms with Gasteiger partial charge in [-0.05, 0) is 54.4 Å². The maximum absolute atomic E-state index is 13.5. The van der Waals surface area contributed by atoms with Crippen molar-refractivity contribution in [1.29, 1.82) is 0 Å². The summed E-state index contributed by atoms with van der Waals surface area (Å²) in [6, 6.07) is 13.5. The number of rotatable bonds is 12. The zero-order valence-corrected chi connectivity index (χ0v) is 24.6. The second-order valence-electron chi connectivity index (χ2n) is 10.8. The number of nitrogens with zero attached hydrogens (tertiary/aromatic N) is 1. The highest BCUT2D eigenvalue weighted by Gasteiger charge is 2.29. The molecule has 6 N–H and O–H groups in total.